The second-order valence-electron chi connectivity index (χ2n) is 7.16. The number of likely N-dealkylation sites (tertiary alicyclic amines) is 1. The lowest BCUT2D eigenvalue weighted by atomic mass is 10.0. The molecular weight excluding hydrogens is 372 g/mol. The first-order chi connectivity index (χ1) is 13.6. The molecule has 0 saturated carbocycles. The third-order valence-electron chi connectivity index (χ3n) is 5.37. The van der Waals surface area contributed by atoms with Crippen molar-refractivity contribution in [1.82, 2.24) is 14.5 Å². The van der Waals surface area contributed by atoms with Crippen LogP contribution in [0.4, 0.5) is 0 Å². The molecule has 1 saturated heterocycles. The first kappa shape index (κ1) is 17.1. The highest BCUT2D eigenvalue weighted by Crippen LogP contribution is 2.37. The molecule has 7 heteroatoms. The monoisotopic (exact) mass is 390 g/mol. The van der Waals surface area contributed by atoms with Crippen LogP contribution in [0.1, 0.15) is 21.5 Å². The van der Waals surface area contributed by atoms with Crippen LogP contribution >= 0.6 is 11.8 Å². The van der Waals surface area contributed by atoms with E-state index in [2.05, 4.69) is 23.3 Å². The molecule has 6 nitrogen and oxygen atoms in total. The van der Waals surface area contributed by atoms with Gasteiger partial charge in [0, 0.05) is 36.0 Å². The molecule has 0 spiro atoms. The number of thioether (sulfide) groups is 1. The summed E-state index contributed by atoms with van der Waals surface area (Å²) in [4.78, 5) is 15.8. The van der Waals surface area contributed by atoms with Crippen molar-refractivity contribution in [1.29, 1.82) is 5.26 Å². The quantitative estimate of drug-likeness (QED) is 0.682. The van der Waals surface area contributed by atoms with Crippen LogP contribution < -0.4 is 4.74 Å². The molecule has 1 amide bonds. The minimum Gasteiger partial charge on any atom is -0.455 e. The number of aryl methyl sites for hydroxylation is 2. The van der Waals surface area contributed by atoms with E-state index in [-0.39, 0.29) is 11.8 Å². The lowest BCUT2D eigenvalue weighted by molar-refractivity contribution is 0.0576. The Bertz CT molecular complexity index is 1140. The lowest BCUT2D eigenvalue weighted by Crippen LogP contribution is -2.49. The SMILES string of the molecule is Cc1c(C(=O)N2CC(C#N)C2)cn2nccc(Oc3ccc4c(c3)SCC4)c12. The van der Waals surface area contributed by atoms with Gasteiger partial charge in [0.05, 0.1) is 23.7 Å². The second kappa shape index (κ2) is 6.57. The molecule has 0 unspecified atom stereocenters. The van der Waals surface area contributed by atoms with Gasteiger partial charge in [-0.05, 0) is 36.6 Å². The summed E-state index contributed by atoms with van der Waals surface area (Å²) in [6.07, 6.45) is 4.53. The minimum absolute atomic E-state index is 0.0593. The maximum atomic E-state index is 12.8. The average Bonchev–Trinajstić information content (AvgIpc) is 3.25. The van der Waals surface area contributed by atoms with E-state index in [0.29, 0.717) is 24.4 Å². The summed E-state index contributed by atoms with van der Waals surface area (Å²) in [5.41, 5.74) is 3.60. The van der Waals surface area contributed by atoms with Gasteiger partial charge in [0.2, 0.25) is 0 Å². The summed E-state index contributed by atoms with van der Waals surface area (Å²) in [6.45, 7) is 2.90. The van der Waals surface area contributed by atoms with Gasteiger partial charge in [-0.2, -0.15) is 10.4 Å². The van der Waals surface area contributed by atoms with Gasteiger partial charge in [0.1, 0.15) is 11.3 Å². The van der Waals surface area contributed by atoms with E-state index in [9.17, 15) is 4.79 Å². The Hall–Kier alpha value is -2.98. The molecule has 0 radical (unpaired) electrons. The zero-order valence-electron chi connectivity index (χ0n) is 15.4. The van der Waals surface area contributed by atoms with Gasteiger partial charge in [-0.3, -0.25) is 4.79 Å². The highest BCUT2D eigenvalue weighted by molar-refractivity contribution is 7.99. The summed E-state index contributed by atoms with van der Waals surface area (Å²) >= 11 is 1.85. The highest BCUT2D eigenvalue weighted by atomic mass is 32.2. The van der Waals surface area contributed by atoms with Crippen molar-refractivity contribution in [2.75, 3.05) is 18.8 Å². The largest absolute Gasteiger partial charge is 0.455 e. The summed E-state index contributed by atoms with van der Waals surface area (Å²) in [6, 6.07) is 10.2. The number of amides is 1. The number of nitrogens with zero attached hydrogens (tertiary/aromatic N) is 4. The van der Waals surface area contributed by atoms with Gasteiger partial charge in [0.15, 0.2) is 5.75 Å². The molecule has 2 aromatic heterocycles. The van der Waals surface area contributed by atoms with E-state index < -0.39 is 0 Å². The van der Waals surface area contributed by atoms with Crippen LogP contribution in [0, 0.1) is 24.2 Å². The maximum Gasteiger partial charge on any atom is 0.255 e. The molecule has 0 aliphatic carbocycles. The number of carbonyl (C=O) groups is 1. The van der Waals surface area contributed by atoms with Crippen LogP contribution in [0.2, 0.25) is 0 Å². The summed E-state index contributed by atoms with van der Waals surface area (Å²) in [7, 11) is 0. The summed E-state index contributed by atoms with van der Waals surface area (Å²) in [5.74, 6) is 2.46. The van der Waals surface area contributed by atoms with Crippen LogP contribution in [-0.4, -0.2) is 39.3 Å². The van der Waals surface area contributed by atoms with Gasteiger partial charge < -0.3 is 9.64 Å². The Balaban J connectivity index is 1.48. The molecule has 0 N–H and O–H groups in total. The maximum absolute atomic E-state index is 12.8. The van der Waals surface area contributed by atoms with Gasteiger partial charge in [0.25, 0.3) is 5.91 Å². The van der Waals surface area contributed by atoms with E-state index in [0.717, 1.165) is 29.0 Å². The summed E-state index contributed by atoms with van der Waals surface area (Å²) in [5, 5.41) is 13.3. The van der Waals surface area contributed by atoms with E-state index in [1.165, 1.54) is 10.5 Å². The van der Waals surface area contributed by atoms with Crippen molar-refractivity contribution in [3.05, 3.63) is 53.3 Å². The molecule has 0 bridgehead atoms. The van der Waals surface area contributed by atoms with Crippen molar-refractivity contribution in [3.8, 4) is 17.6 Å². The Morgan fingerprint density at radius 1 is 1.36 bits per heavy atom. The lowest BCUT2D eigenvalue weighted by Gasteiger charge is -2.35. The number of ether oxygens (including phenoxy) is 1. The third-order valence-corrected chi connectivity index (χ3v) is 6.47. The number of rotatable bonds is 3. The molecule has 2 aliphatic heterocycles. The Morgan fingerprint density at radius 2 is 2.21 bits per heavy atom. The average molecular weight is 390 g/mol. The number of benzene rings is 1. The van der Waals surface area contributed by atoms with Crippen LogP contribution in [0.25, 0.3) is 5.52 Å². The van der Waals surface area contributed by atoms with Crippen LogP contribution in [0.5, 0.6) is 11.5 Å². The predicted octanol–water partition coefficient (Wildman–Crippen LogP) is 3.68. The smallest absolute Gasteiger partial charge is 0.255 e. The van der Waals surface area contributed by atoms with E-state index in [4.69, 9.17) is 10.00 Å². The minimum atomic E-state index is -0.0608. The fourth-order valence-corrected chi connectivity index (χ4v) is 4.85. The van der Waals surface area contributed by atoms with Crippen molar-refractivity contribution in [2.45, 2.75) is 18.2 Å². The van der Waals surface area contributed by atoms with E-state index >= 15 is 0 Å². The predicted molar refractivity (Wildman–Crippen MR) is 106 cm³/mol. The van der Waals surface area contributed by atoms with E-state index in [1.54, 1.807) is 21.8 Å². The molecule has 2 aliphatic rings. The molecular formula is C21H18N4O2S. The van der Waals surface area contributed by atoms with Crippen molar-refractivity contribution < 1.29 is 9.53 Å². The van der Waals surface area contributed by atoms with Gasteiger partial charge in [-0.1, -0.05) is 6.07 Å². The zero-order valence-corrected chi connectivity index (χ0v) is 16.2. The fourth-order valence-electron chi connectivity index (χ4n) is 3.76. The Labute approximate surface area is 166 Å². The third kappa shape index (κ3) is 2.72. The second-order valence-corrected chi connectivity index (χ2v) is 8.30. The number of nitriles is 1. The number of hydrogen-bond donors (Lipinski definition) is 0. The zero-order chi connectivity index (χ0) is 19.3. The Kier molecular flexibility index (Phi) is 4.02. The first-order valence-electron chi connectivity index (χ1n) is 9.23. The van der Waals surface area contributed by atoms with Crippen molar-refractivity contribution in [2.24, 2.45) is 5.92 Å². The van der Waals surface area contributed by atoms with Crippen LogP contribution in [-0.2, 0) is 6.42 Å². The summed E-state index contributed by atoms with van der Waals surface area (Å²) < 4.78 is 7.88. The van der Waals surface area contributed by atoms with Gasteiger partial charge >= 0.3 is 0 Å². The number of hydrogen-bond acceptors (Lipinski definition) is 5. The molecule has 140 valence electrons. The number of fused-ring (bicyclic) bond motifs is 2. The van der Waals surface area contributed by atoms with E-state index in [1.807, 2.05) is 30.8 Å². The van der Waals surface area contributed by atoms with Crippen LogP contribution in [0.15, 0.2) is 41.6 Å². The molecule has 1 fully saturated rings. The molecule has 1 aromatic carbocycles. The first-order valence-corrected chi connectivity index (χ1v) is 10.2. The highest BCUT2D eigenvalue weighted by Gasteiger charge is 2.33. The van der Waals surface area contributed by atoms with Crippen LogP contribution in [0.3, 0.4) is 0 Å². The fraction of sp³-hybridized carbons (Fsp3) is 0.286. The standard InChI is InChI=1S/C21H18N4O2S/c1-13-17(21(26)24-10-14(9-22)11-24)12-25-20(13)18(4-6-23-25)27-16-3-2-15-5-7-28-19(15)8-16/h2-4,6,8,12,14H,5,7,10-11H2,1H3. The number of aromatic nitrogens is 2. The van der Waals surface area contributed by atoms with Gasteiger partial charge in [-0.25, -0.2) is 4.52 Å². The normalized spacial score (nSPS) is 15.9. The van der Waals surface area contributed by atoms with Crippen molar-refractivity contribution >= 4 is 23.2 Å². The van der Waals surface area contributed by atoms with Crippen molar-refractivity contribution in [3.63, 3.8) is 0 Å². The molecule has 4 heterocycles. The number of carbonyl (C=O) groups excluding carboxylic acids is 1. The molecule has 0 atom stereocenters. The van der Waals surface area contributed by atoms with Gasteiger partial charge in [-0.15, -0.1) is 11.8 Å². The molecule has 28 heavy (non-hydrogen) atoms. The molecule has 5 rings (SSSR count). The Morgan fingerprint density at radius 3 is 3.04 bits per heavy atom. The topological polar surface area (TPSA) is 70.6 Å². The molecule has 3 aromatic rings.